The van der Waals surface area contributed by atoms with Crippen LogP contribution in [0.5, 0.6) is 0 Å². The summed E-state index contributed by atoms with van der Waals surface area (Å²) in [5.41, 5.74) is 1.43. The van der Waals surface area contributed by atoms with E-state index in [1.807, 2.05) is 13.0 Å². The van der Waals surface area contributed by atoms with Gasteiger partial charge in [0.15, 0.2) is 5.65 Å². The second kappa shape index (κ2) is 8.12. The van der Waals surface area contributed by atoms with Gasteiger partial charge in [0.1, 0.15) is 12.1 Å². The zero-order chi connectivity index (χ0) is 20.4. The average Bonchev–Trinajstić information content (AvgIpc) is 3.18. The maximum absolute atomic E-state index is 13.2. The van der Waals surface area contributed by atoms with Crippen molar-refractivity contribution in [3.8, 4) is 0 Å². The molecule has 1 N–H and O–H groups in total. The quantitative estimate of drug-likeness (QED) is 0.669. The van der Waals surface area contributed by atoms with E-state index in [0.717, 1.165) is 55.7 Å². The Bertz CT molecular complexity index is 1090. The summed E-state index contributed by atoms with van der Waals surface area (Å²) in [7, 11) is -3.72. The Kier molecular flexibility index (Phi) is 5.56. The van der Waals surface area contributed by atoms with Crippen LogP contribution in [0.4, 0.5) is 5.82 Å². The number of piperidine rings is 1. The predicted octanol–water partition coefficient (Wildman–Crippen LogP) is 2.95. The van der Waals surface area contributed by atoms with Gasteiger partial charge >= 0.3 is 0 Å². The zero-order valence-electron chi connectivity index (χ0n) is 16.9. The van der Waals surface area contributed by atoms with Gasteiger partial charge in [-0.3, -0.25) is 0 Å². The van der Waals surface area contributed by atoms with Gasteiger partial charge < -0.3 is 10.2 Å². The molecule has 7 nitrogen and oxygen atoms in total. The highest BCUT2D eigenvalue weighted by Gasteiger charge is 2.26. The largest absolute Gasteiger partial charge is 0.352 e. The van der Waals surface area contributed by atoms with Gasteiger partial charge in [0.05, 0.1) is 10.3 Å². The molecule has 1 aliphatic rings. The highest BCUT2D eigenvalue weighted by atomic mass is 32.2. The Morgan fingerprint density at radius 1 is 1.21 bits per heavy atom. The maximum atomic E-state index is 13.2. The monoisotopic (exact) mass is 413 g/mol. The number of nitrogens with zero attached hydrogens (tertiary/aromatic N) is 4. The Morgan fingerprint density at radius 3 is 2.69 bits per heavy atom. The van der Waals surface area contributed by atoms with Gasteiger partial charge in [0.2, 0.25) is 0 Å². The molecular formula is C21H27N5O2S. The summed E-state index contributed by atoms with van der Waals surface area (Å²) in [5.74, 6) is 0.809. The third-order valence-corrected chi connectivity index (χ3v) is 7.13. The van der Waals surface area contributed by atoms with E-state index in [0.29, 0.717) is 11.7 Å². The van der Waals surface area contributed by atoms with Gasteiger partial charge in [-0.05, 0) is 50.9 Å². The molecule has 1 aliphatic heterocycles. The van der Waals surface area contributed by atoms with Crippen LogP contribution in [-0.4, -0.2) is 48.0 Å². The fourth-order valence-electron chi connectivity index (χ4n) is 3.96. The Balaban J connectivity index is 1.79. The van der Waals surface area contributed by atoms with Crippen molar-refractivity contribution >= 4 is 26.9 Å². The van der Waals surface area contributed by atoms with Gasteiger partial charge in [-0.2, -0.15) is 0 Å². The van der Waals surface area contributed by atoms with Crippen molar-refractivity contribution in [3.05, 3.63) is 48.4 Å². The van der Waals surface area contributed by atoms with Gasteiger partial charge in [0, 0.05) is 25.3 Å². The molecule has 0 amide bonds. The standard InChI is InChI=1S/C21H27N5O2S/c1-3-12-25(17-5-4-11-22-14-17)20-19-10-13-26(21(19)24-15-23-20)29(27,28)18-8-6-16(2)7-9-18/h6-10,13,15,17,22H,3-5,11-12,14H2,1-2H3/t17-/m0/s1. The lowest BCUT2D eigenvalue weighted by atomic mass is 10.1. The van der Waals surface area contributed by atoms with Crippen molar-refractivity contribution in [2.75, 3.05) is 24.5 Å². The average molecular weight is 414 g/mol. The minimum Gasteiger partial charge on any atom is -0.352 e. The summed E-state index contributed by atoms with van der Waals surface area (Å²) in [6.45, 7) is 6.90. The fourth-order valence-corrected chi connectivity index (χ4v) is 5.26. The van der Waals surface area contributed by atoms with Gasteiger partial charge in [0.25, 0.3) is 10.0 Å². The number of aromatic nitrogens is 3. The molecule has 0 radical (unpaired) electrons. The van der Waals surface area contributed by atoms with E-state index >= 15 is 0 Å². The lowest BCUT2D eigenvalue weighted by molar-refractivity contribution is 0.429. The lowest BCUT2D eigenvalue weighted by Gasteiger charge is -2.35. The van der Waals surface area contributed by atoms with Crippen LogP contribution in [0.15, 0.2) is 47.8 Å². The molecule has 0 aliphatic carbocycles. The molecule has 0 spiro atoms. The molecule has 1 atom stereocenters. The molecule has 1 fully saturated rings. The lowest BCUT2D eigenvalue weighted by Crippen LogP contribution is -2.47. The number of anilines is 1. The number of benzene rings is 1. The maximum Gasteiger partial charge on any atom is 0.269 e. The summed E-state index contributed by atoms with van der Waals surface area (Å²) >= 11 is 0. The molecular weight excluding hydrogens is 386 g/mol. The summed E-state index contributed by atoms with van der Waals surface area (Å²) in [6, 6.07) is 9.04. The van der Waals surface area contributed by atoms with E-state index in [1.54, 1.807) is 30.5 Å². The molecule has 0 saturated carbocycles. The number of rotatable bonds is 6. The van der Waals surface area contributed by atoms with Crippen LogP contribution < -0.4 is 10.2 Å². The molecule has 8 heteroatoms. The SMILES string of the molecule is CCCN(c1ncnc2c1ccn2S(=O)(=O)c1ccc(C)cc1)[C@H]1CCCNC1. The third-order valence-electron chi connectivity index (χ3n) is 5.45. The summed E-state index contributed by atoms with van der Waals surface area (Å²) in [5, 5.41) is 4.23. The number of hydrogen-bond donors (Lipinski definition) is 1. The first-order valence-corrected chi connectivity index (χ1v) is 11.6. The molecule has 0 bridgehead atoms. The predicted molar refractivity (Wildman–Crippen MR) is 115 cm³/mol. The van der Waals surface area contributed by atoms with Crippen LogP contribution in [-0.2, 0) is 10.0 Å². The van der Waals surface area contributed by atoms with E-state index in [-0.39, 0.29) is 4.90 Å². The molecule has 3 heterocycles. The zero-order valence-corrected chi connectivity index (χ0v) is 17.7. The first-order chi connectivity index (χ1) is 14.0. The van der Waals surface area contributed by atoms with Crippen molar-refractivity contribution in [2.24, 2.45) is 0 Å². The van der Waals surface area contributed by atoms with Gasteiger partial charge in [-0.25, -0.2) is 22.4 Å². The van der Waals surface area contributed by atoms with Crippen LogP contribution >= 0.6 is 0 Å². The van der Waals surface area contributed by atoms with Gasteiger partial charge in [-0.15, -0.1) is 0 Å². The second-order valence-electron chi connectivity index (χ2n) is 7.56. The van der Waals surface area contributed by atoms with E-state index in [1.165, 1.54) is 10.3 Å². The van der Waals surface area contributed by atoms with Crippen LogP contribution in [0, 0.1) is 6.92 Å². The van der Waals surface area contributed by atoms with Crippen molar-refractivity contribution < 1.29 is 8.42 Å². The number of hydrogen-bond acceptors (Lipinski definition) is 6. The Labute approximate surface area is 171 Å². The molecule has 0 unspecified atom stereocenters. The highest BCUT2D eigenvalue weighted by molar-refractivity contribution is 7.90. The summed E-state index contributed by atoms with van der Waals surface area (Å²) in [6.07, 6.45) is 6.27. The third kappa shape index (κ3) is 3.74. The van der Waals surface area contributed by atoms with Crippen molar-refractivity contribution in [1.82, 2.24) is 19.3 Å². The van der Waals surface area contributed by atoms with Crippen LogP contribution in [0.2, 0.25) is 0 Å². The van der Waals surface area contributed by atoms with E-state index < -0.39 is 10.0 Å². The van der Waals surface area contributed by atoms with Crippen molar-refractivity contribution in [3.63, 3.8) is 0 Å². The van der Waals surface area contributed by atoms with Crippen molar-refractivity contribution in [1.29, 1.82) is 0 Å². The number of aryl methyl sites for hydroxylation is 1. The first kappa shape index (κ1) is 19.8. The van der Waals surface area contributed by atoms with Gasteiger partial charge in [-0.1, -0.05) is 24.6 Å². The number of fused-ring (bicyclic) bond motifs is 1. The van der Waals surface area contributed by atoms with Crippen LogP contribution in [0.1, 0.15) is 31.7 Å². The van der Waals surface area contributed by atoms with E-state index in [2.05, 4.69) is 27.1 Å². The first-order valence-electron chi connectivity index (χ1n) is 10.1. The molecule has 1 aromatic carbocycles. The summed E-state index contributed by atoms with van der Waals surface area (Å²) < 4.78 is 27.7. The number of nitrogens with one attached hydrogen (secondary N) is 1. The molecule has 29 heavy (non-hydrogen) atoms. The van der Waals surface area contributed by atoms with E-state index in [9.17, 15) is 8.42 Å². The molecule has 3 aromatic rings. The smallest absolute Gasteiger partial charge is 0.269 e. The van der Waals surface area contributed by atoms with Crippen LogP contribution in [0.3, 0.4) is 0 Å². The minimum atomic E-state index is -3.72. The second-order valence-corrected chi connectivity index (χ2v) is 9.37. The Morgan fingerprint density at radius 2 is 2.00 bits per heavy atom. The molecule has 2 aromatic heterocycles. The molecule has 154 valence electrons. The Hall–Kier alpha value is -2.45. The highest BCUT2D eigenvalue weighted by Crippen LogP contribution is 2.29. The molecule has 1 saturated heterocycles. The summed E-state index contributed by atoms with van der Waals surface area (Å²) in [4.78, 5) is 11.4. The topological polar surface area (TPSA) is 80.1 Å². The van der Waals surface area contributed by atoms with E-state index in [4.69, 9.17) is 0 Å². The fraction of sp³-hybridized carbons (Fsp3) is 0.429. The minimum absolute atomic E-state index is 0.252. The molecule has 4 rings (SSSR count). The normalized spacial score (nSPS) is 17.5. The van der Waals surface area contributed by atoms with Crippen LogP contribution in [0.25, 0.3) is 11.0 Å². The van der Waals surface area contributed by atoms with Crippen molar-refractivity contribution in [2.45, 2.75) is 44.0 Å².